The molecule has 0 radical (unpaired) electrons. The van der Waals surface area contributed by atoms with Crippen molar-refractivity contribution in [3.05, 3.63) is 35.4 Å². The molecular weight excluding hydrogens is 324 g/mol. The first-order chi connectivity index (χ1) is 11.3. The molecule has 2 aromatic heterocycles. The predicted molar refractivity (Wildman–Crippen MR) is 79.5 cm³/mol. The van der Waals surface area contributed by atoms with E-state index in [2.05, 4.69) is 15.1 Å². The van der Waals surface area contributed by atoms with Gasteiger partial charge >= 0.3 is 0 Å². The Hall–Kier alpha value is -1.99. The van der Waals surface area contributed by atoms with Gasteiger partial charge in [0.25, 0.3) is 12.4 Å². The second kappa shape index (κ2) is 6.49. The smallest absolute Gasteiger partial charge is 0.216 e. The minimum absolute atomic E-state index is 0.0918. The van der Waals surface area contributed by atoms with Crippen molar-refractivity contribution in [3.8, 4) is 5.95 Å². The van der Waals surface area contributed by atoms with E-state index in [-0.39, 0.29) is 30.4 Å². The molecule has 24 heavy (non-hydrogen) atoms. The van der Waals surface area contributed by atoms with Gasteiger partial charge in [-0.25, -0.2) is 32.2 Å². The van der Waals surface area contributed by atoms with E-state index in [0.717, 1.165) is 5.69 Å². The summed E-state index contributed by atoms with van der Waals surface area (Å²) in [5, 5.41) is 3.77. The number of hydrogen-bond donors (Lipinski definition) is 0. The van der Waals surface area contributed by atoms with Crippen molar-refractivity contribution in [2.45, 2.75) is 51.4 Å². The van der Waals surface area contributed by atoms with Crippen LogP contribution in [0.25, 0.3) is 5.95 Å². The Kier molecular flexibility index (Phi) is 4.56. The molecule has 0 aliphatic heterocycles. The molecule has 0 unspecified atom stereocenters. The fourth-order valence-corrected chi connectivity index (χ4v) is 2.99. The molecule has 0 atom stereocenters. The normalized spacial score (nSPS) is 18.2. The Morgan fingerprint density at radius 1 is 1.25 bits per heavy atom. The maximum absolute atomic E-state index is 13.2. The first kappa shape index (κ1) is 16.9. The summed E-state index contributed by atoms with van der Waals surface area (Å²) < 4.78 is 53.0. The third-order valence-electron chi connectivity index (χ3n) is 4.27. The van der Waals surface area contributed by atoms with Crippen molar-refractivity contribution in [2.75, 3.05) is 0 Å². The monoisotopic (exact) mass is 342 g/mol. The molecule has 0 bridgehead atoms. The molecule has 8 heteroatoms. The largest absolute Gasteiger partial charge is 0.282 e. The van der Waals surface area contributed by atoms with Crippen LogP contribution in [0.3, 0.4) is 0 Å². The van der Waals surface area contributed by atoms with Gasteiger partial charge < -0.3 is 0 Å². The fraction of sp³-hybridized carbons (Fsp3) is 0.562. The van der Waals surface area contributed by atoms with E-state index in [1.165, 1.54) is 16.9 Å². The lowest BCUT2D eigenvalue weighted by atomic mass is 9.84. The summed E-state index contributed by atoms with van der Waals surface area (Å²) in [5.74, 6) is -2.18. The third kappa shape index (κ3) is 3.91. The minimum Gasteiger partial charge on any atom is -0.216 e. The average Bonchev–Trinajstić information content (AvgIpc) is 2.99. The van der Waals surface area contributed by atoms with Crippen LogP contribution in [0.2, 0.25) is 0 Å². The molecule has 2 aromatic rings. The molecule has 1 aliphatic carbocycles. The van der Waals surface area contributed by atoms with Gasteiger partial charge in [-0.2, -0.15) is 5.10 Å². The van der Waals surface area contributed by atoms with E-state index in [0.29, 0.717) is 25.0 Å². The van der Waals surface area contributed by atoms with E-state index in [1.807, 2.05) is 0 Å². The number of hydrogen-bond acceptors (Lipinski definition) is 3. The standard InChI is InChI=1S/C16H18F4N4/c1-10-8-12(9-11-2-5-16(19,20)6-3-11)22-15(21-10)24-7-4-13(23-24)14(17)18/h4,7-8,11,14H,2-3,5-6,9H2,1H3. The van der Waals surface area contributed by atoms with E-state index < -0.39 is 12.3 Å². The zero-order valence-electron chi connectivity index (χ0n) is 13.2. The summed E-state index contributed by atoms with van der Waals surface area (Å²) in [7, 11) is 0. The summed E-state index contributed by atoms with van der Waals surface area (Å²) in [6, 6.07) is 3.02. The quantitative estimate of drug-likeness (QED) is 0.779. The van der Waals surface area contributed by atoms with Crippen LogP contribution < -0.4 is 0 Å². The van der Waals surface area contributed by atoms with Crippen LogP contribution >= 0.6 is 0 Å². The SMILES string of the molecule is Cc1cc(CC2CCC(F)(F)CC2)nc(-n2ccc(C(F)F)n2)n1. The fourth-order valence-electron chi connectivity index (χ4n) is 2.99. The number of alkyl halides is 4. The molecule has 0 saturated heterocycles. The summed E-state index contributed by atoms with van der Waals surface area (Å²) in [5.41, 5.74) is 1.07. The van der Waals surface area contributed by atoms with E-state index >= 15 is 0 Å². The Bertz CT molecular complexity index is 704. The number of halogens is 4. The Balaban J connectivity index is 1.76. The van der Waals surface area contributed by atoms with Gasteiger partial charge in [-0.15, -0.1) is 0 Å². The first-order valence-corrected chi connectivity index (χ1v) is 7.89. The highest BCUT2D eigenvalue weighted by Gasteiger charge is 2.34. The summed E-state index contributed by atoms with van der Waals surface area (Å²) in [6.07, 6.45) is 0.0540. The van der Waals surface area contributed by atoms with Gasteiger partial charge in [0.1, 0.15) is 5.69 Å². The number of rotatable bonds is 4. The van der Waals surface area contributed by atoms with E-state index in [4.69, 9.17) is 0 Å². The number of nitrogens with zero attached hydrogens (tertiary/aromatic N) is 4. The second-order valence-electron chi connectivity index (χ2n) is 6.29. The molecule has 0 N–H and O–H groups in total. The summed E-state index contributed by atoms with van der Waals surface area (Å²) >= 11 is 0. The van der Waals surface area contributed by atoms with Gasteiger partial charge in [-0.3, -0.25) is 0 Å². The lowest BCUT2D eigenvalue weighted by Crippen LogP contribution is -2.25. The highest BCUT2D eigenvalue weighted by molar-refractivity contribution is 5.20. The van der Waals surface area contributed by atoms with Crippen molar-refractivity contribution < 1.29 is 17.6 Å². The lowest BCUT2D eigenvalue weighted by Gasteiger charge is -2.28. The average molecular weight is 342 g/mol. The van der Waals surface area contributed by atoms with Crippen LogP contribution in [-0.4, -0.2) is 25.7 Å². The molecule has 1 saturated carbocycles. The molecule has 1 fully saturated rings. The Morgan fingerprint density at radius 2 is 1.96 bits per heavy atom. The molecule has 0 amide bonds. The van der Waals surface area contributed by atoms with Gasteiger partial charge in [-0.1, -0.05) is 0 Å². The zero-order valence-corrected chi connectivity index (χ0v) is 13.2. The maximum atomic E-state index is 13.2. The first-order valence-electron chi connectivity index (χ1n) is 7.89. The van der Waals surface area contributed by atoms with Crippen LogP contribution in [0, 0.1) is 12.8 Å². The van der Waals surface area contributed by atoms with Gasteiger partial charge in [0, 0.05) is 30.4 Å². The van der Waals surface area contributed by atoms with Crippen LogP contribution in [0.4, 0.5) is 17.6 Å². The van der Waals surface area contributed by atoms with E-state index in [9.17, 15) is 17.6 Å². The van der Waals surface area contributed by atoms with Crippen LogP contribution in [-0.2, 0) is 6.42 Å². The van der Waals surface area contributed by atoms with Gasteiger partial charge in [0.05, 0.1) is 0 Å². The lowest BCUT2D eigenvalue weighted by molar-refractivity contribution is -0.0457. The molecule has 0 spiro atoms. The molecule has 2 heterocycles. The Labute approximate surface area is 136 Å². The predicted octanol–water partition coefficient (Wildman–Crippen LogP) is 4.28. The summed E-state index contributed by atoms with van der Waals surface area (Å²) in [4.78, 5) is 8.58. The maximum Gasteiger partial charge on any atom is 0.282 e. The van der Waals surface area contributed by atoms with Crippen LogP contribution in [0.1, 0.15) is 49.2 Å². The van der Waals surface area contributed by atoms with Crippen molar-refractivity contribution >= 4 is 0 Å². The number of aryl methyl sites for hydroxylation is 1. The van der Waals surface area contributed by atoms with Crippen molar-refractivity contribution in [1.29, 1.82) is 0 Å². The van der Waals surface area contributed by atoms with Gasteiger partial charge in [0.2, 0.25) is 5.92 Å². The zero-order chi connectivity index (χ0) is 17.3. The van der Waals surface area contributed by atoms with Crippen molar-refractivity contribution in [2.24, 2.45) is 5.92 Å². The number of aromatic nitrogens is 4. The van der Waals surface area contributed by atoms with Crippen LogP contribution in [0.15, 0.2) is 18.3 Å². The molecule has 3 rings (SSSR count). The van der Waals surface area contributed by atoms with Gasteiger partial charge in [-0.05, 0) is 44.2 Å². The molecule has 4 nitrogen and oxygen atoms in total. The highest BCUT2D eigenvalue weighted by Crippen LogP contribution is 2.37. The second-order valence-corrected chi connectivity index (χ2v) is 6.29. The molecular formula is C16H18F4N4. The van der Waals surface area contributed by atoms with Crippen LogP contribution in [0.5, 0.6) is 0 Å². The highest BCUT2D eigenvalue weighted by atomic mass is 19.3. The minimum atomic E-state index is -2.65. The van der Waals surface area contributed by atoms with Crippen molar-refractivity contribution in [1.82, 2.24) is 19.7 Å². The molecule has 0 aromatic carbocycles. The van der Waals surface area contributed by atoms with Crippen molar-refractivity contribution in [3.63, 3.8) is 0 Å². The topological polar surface area (TPSA) is 43.6 Å². The van der Waals surface area contributed by atoms with Gasteiger partial charge in [0.15, 0.2) is 0 Å². The molecule has 130 valence electrons. The molecule has 1 aliphatic rings. The van der Waals surface area contributed by atoms with E-state index in [1.54, 1.807) is 13.0 Å². The summed E-state index contributed by atoms with van der Waals surface area (Å²) in [6.45, 7) is 1.78. The Morgan fingerprint density at radius 3 is 2.58 bits per heavy atom. The third-order valence-corrected chi connectivity index (χ3v) is 4.27.